The highest BCUT2D eigenvalue weighted by Gasteiger charge is 2.39. The van der Waals surface area contributed by atoms with Gasteiger partial charge in [-0.15, -0.1) is 0 Å². The molecular weight excluding hydrogens is 240 g/mol. The van der Waals surface area contributed by atoms with Crippen LogP contribution in [-0.4, -0.2) is 47.1 Å². The quantitative estimate of drug-likeness (QED) is 0.844. The molecule has 0 spiro atoms. The Kier molecular flexibility index (Phi) is 4.21. The third-order valence-corrected chi connectivity index (χ3v) is 6.26. The van der Waals surface area contributed by atoms with Crippen molar-refractivity contribution in [1.29, 1.82) is 0 Å². The summed E-state index contributed by atoms with van der Waals surface area (Å²) in [5.74, 6) is 0. The van der Waals surface area contributed by atoms with E-state index in [1.54, 1.807) is 0 Å². The number of hydrogen-bond acceptors (Lipinski definition) is 3. The van der Waals surface area contributed by atoms with Crippen molar-refractivity contribution < 1.29 is 0 Å². The van der Waals surface area contributed by atoms with E-state index in [1.165, 1.54) is 51.5 Å². The lowest BCUT2D eigenvalue weighted by molar-refractivity contribution is 0.252. The predicted octanol–water partition coefficient (Wildman–Crippen LogP) is 2.88. The first-order valence-corrected chi connectivity index (χ1v) is 9.09. The highest BCUT2D eigenvalue weighted by atomic mass is 32.2. The van der Waals surface area contributed by atoms with Crippen LogP contribution in [0.15, 0.2) is 0 Å². The Bertz CT molecular complexity index is 272. The van der Waals surface area contributed by atoms with Gasteiger partial charge in [-0.25, -0.2) is 0 Å². The van der Waals surface area contributed by atoms with Crippen LogP contribution in [0, 0.1) is 0 Å². The lowest BCUT2D eigenvalue weighted by Gasteiger charge is -2.30. The zero-order valence-electron chi connectivity index (χ0n) is 11.9. The largest absolute Gasteiger partial charge is 0.310 e. The van der Waals surface area contributed by atoms with Crippen LogP contribution < -0.4 is 5.32 Å². The molecule has 3 rings (SSSR count). The maximum absolute atomic E-state index is 3.95. The highest BCUT2D eigenvalue weighted by molar-refractivity contribution is 7.99. The molecule has 1 heterocycles. The molecule has 0 aromatic carbocycles. The summed E-state index contributed by atoms with van der Waals surface area (Å²) in [5.41, 5.74) is 0. The highest BCUT2D eigenvalue weighted by Crippen LogP contribution is 2.34. The van der Waals surface area contributed by atoms with Gasteiger partial charge in [-0.2, -0.15) is 11.8 Å². The molecular formula is C15H28N2S. The van der Waals surface area contributed by atoms with Crippen molar-refractivity contribution in [3.63, 3.8) is 0 Å². The van der Waals surface area contributed by atoms with Crippen molar-refractivity contribution in [2.75, 3.05) is 12.8 Å². The van der Waals surface area contributed by atoms with E-state index in [4.69, 9.17) is 0 Å². The van der Waals surface area contributed by atoms with Gasteiger partial charge in [-0.05, 0) is 58.1 Å². The minimum absolute atomic E-state index is 0.774. The molecule has 0 bridgehead atoms. The fourth-order valence-corrected chi connectivity index (χ4v) is 4.63. The first-order valence-electron chi connectivity index (χ1n) is 7.81. The van der Waals surface area contributed by atoms with Gasteiger partial charge in [0.2, 0.25) is 0 Å². The van der Waals surface area contributed by atoms with E-state index in [1.807, 2.05) is 0 Å². The van der Waals surface area contributed by atoms with Crippen LogP contribution in [0.25, 0.3) is 0 Å². The molecule has 2 aliphatic carbocycles. The van der Waals surface area contributed by atoms with Crippen molar-refractivity contribution in [2.24, 2.45) is 0 Å². The summed E-state index contributed by atoms with van der Waals surface area (Å²) in [6.45, 7) is 3.74. The Morgan fingerprint density at radius 1 is 1.00 bits per heavy atom. The van der Waals surface area contributed by atoms with E-state index in [0.29, 0.717) is 0 Å². The summed E-state index contributed by atoms with van der Waals surface area (Å²) in [4.78, 5) is 2.76. The number of rotatable bonds is 4. The van der Waals surface area contributed by atoms with Crippen LogP contribution in [0.2, 0.25) is 0 Å². The van der Waals surface area contributed by atoms with Crippen LogP contribution in [0.1, 0.15) is 51.9 Å². The molecule has 2 saturated carbocycles. The Labute approximate surface area is 116 Å². The summed E-state index contributed by atoms with van der Waals surface area (Å²) in [6, 6.07) is 3.35. The van der Waals surface area contributed by atoms with Gasteiger partial charge in [0, 0.05) is 36.0 Å². The average molecular weight is 268 g/mol. The lowest BCUT2D eigenvalue weighted by Crippen LogP contribution is -2.42. The van der Waals surface area contributed by atoms with Crippen molar-refractivity contribution in [1.82, 2.24) is 10.2 Å². The molecule has 0 amide bonds. The zero-order chi connectivity index (χ0) is 12.5. The molecule has 0 aromatic rings. The Hall–Kier alpha value is 0.270. The van der Waals surface area contributed by atoms with Crippen LogP contribution in [0.5, 0.6) is 0 Å². The zero-order valence-corrected chi connectivity index (χ0v) is 12.7. The van der Waals surface area contributed by atoms with E-state index < -0.39 is 0 Å². The molecule has 3 heteroatoms. The first-order chi connectivity index (χ1) is 8.76. The van der Waals surface area contributed by atoms with Gasteiger partial charge in [-0.3, -0.25) is 4.90 Å². The van der Waals surface area contributed by atoms with E-state index in [9.17, 15) is 0 Å². The van der Waals surface area contributed by atoms with Crippen molar-refractivity contribution >= 4 is 11.8 Å². The molecule has 2 atom stereocenters. The number of likely N-dealkylation sites (tertiary alicyclic amines) is 1. The van der Waals surface area contributed by atoms with Crippen LogP contribution in [0.3, 0.4) is 0 Å². The van der Waals surface area contributed by atoms with Crippen LogP contribution in [0.4, 0.5) is 0 Å². The number of thioether (sulfide) groups is 1. The second-order valence-electron chi connectivity index (χ2n) is 6.59. The third-order valence-electron chi connectivity index (χ3n) is 5.12. The van der Waals surface area contributed by atoms with E-state index in [0.717, 1.165) is 29.4 Å². The molecule has 18 heavy (non-hydrogen) atoms. The summed E-state index contributed by atoms with van der Waals surface area (Å²) in [5, 5.41) is 4.89. The molecule has 104 valence electrons. The van der Waals surface area contributed by atoms with Crippen molar-refractivity contribution in [3.8, 4) is 0 Å². The monoisotopic (exact) mass is 268 g/mol. The summed E-state index contributed by atoms with van der Waals surface area (Å²) in [6.07, 6.45) is 12.2. The summed E-state index contributed by atoms with van der Waals surface area (Å²) in [7, 11) is 0. The molecule has 1 saturated heterocycles. The SMILES string of the molecule is CSC1CCC(NC2CC(C)N(C3CC3)C2)CC1. The normalized spacial score (nSPS) is 42.3. The minimum atomic E-state index is 0.774. The summed E-state index contributed by atoms with van der Waals surface area (Å²) >= 11 is 2.07. The predicted molar refractivity (Wildman–Crippen MR) is 80.3 cm³/mol. The molecule has 2 nitrogen and oxygen atoms in total. The van der Waals surface area contributed by atoms with Crippen LogP contribution in [-0.2, 0) is 0 Å². The van der Waals surface area contributed by atoms with Crippen molar-refractivity contribution in [3.05, 3.63) is 0 Å². The number of nitrogens with one attached hydrogen (secondary N) is 1. The van der Waals surface area contributed by atoms with Gasteiger partial charge in [0.1, 0.15) is 0 Å². The second kappa shape index (κ2) is 5.72. The molecule has 3 aliphatic rings. The maximum atomic E-state index is 3.95. The number of hydrogen-bond donors (Lipinski definition) is 1. The fourth-order valence-electron chi connectivity index (χ4n) is 3.89. The fraction of sp³-hybridized carbons (Fsp3) is 1.00. The Balaban J connectivity index is 1.43. The van der Waals surface area contributed by atoms with Gasteiger partial charge in [0.05, 0.1) is 0 Å². The molecule has 0 aromatic heterocycles. The standard InChI is InChI=1S/C15H28N2S/c1-11-9-13(10-17(11)14-5-6-14)16-12-3-7-15(18-2)8-4-12/h11-16H,3-10H2,1-2H3. The van der Waals surface area contributed by atoms with Crippen molar-refractivity contribution in [2.45, 2.75) is 81.3 Å². The molecule has 0 radical (unpaired) electrons. The molecule has 1 aliphatic heterocycles. The maximum Gasteiger partial charge on any atom is 0.0212 e. The summed E-state index contributed by atoms with van der Waals surface area (Å²) < 4.78 is 0. The topological polar surface area (TPSA) is 15.3 Å². The molecule has 2 unspecified atom stereocenters. The number of nitrogens with zero attached hydrogens (tertiary/aromatic N) is 1. The smallest absolute Gasteiger partial charge is 0.0212 e. The minimum Gasteiger partial charge on any atom is -0.310 e. The van der Waals surface area contributed by atoms with Gasteiger partial charge < -0.3 is 5.32 Å². The van der Waals surface area contributed by atoms with E-state index >= 15 is 0 Å². The van der Waals surface area contributed by atoms with Gasteiger partial charge in [-0.1, -0.05) is 0 Å². The van der Waals surface area contributed by atoms with Gasteiger partial charge >= 0.3 is 0 Å². The van der Waals surface area contributed by atoms with Gasteiger partial charge in [0.15, 0.2) is 0 Å². The first kappa shape index (κ1) is 13.3. The second-order valence-corrected chi connectivity index (χ2v) is 7.72. The van der Waals surface area contributed by atoms with E-state index in [-0.39, 0.29) is 0 Å². The third kappa shape index (κ3) is 3.05. The molecule has 3 fully saturated rings. The average Bonchev–Trinajstić information content (AvgIpc) is 3.15. The Morgan fingerprint density at radius 2 is 1.72 bits per heavy atom. The van der Waals surface area contributed by atoms with Crippen LogP contribution >= 0.6 is 11.8 Å². The lowest BCUT2D eigenvalue weighted by atomic mass is 9.94. The van der Waals surface area contributed by atoms with E-state index in [2.05, 4.69) is 35.2 Å². The molecule has 1 N–H and O–H groups in total. The van der Waals surface area contributed by atoms with Gasteiger partial charge in [0.25, 0.3) is 0 Å². The Morgan fingerprint density at radius 3 is 2.33 bits per heavy atom.